The molecule has 0 radical (unpaired) electrons. The molecule has 1 fully saturated rings. The molecule has 10 heteroatoms. The lowest BCUT2D eigenvalue weighted by Crippen LogP contribution is -2.60. The Hall–Kier alpha value is -2.20. The van der Waals surface area contributed by atoms with Gasteiger partial charge < -0.3 is 31.5 Å². The number of carboxylic acids is 1. The van der Waals surface area contributed by atoms with Gasteiger partial charge in [-0.05, 0) is 44.6 Å². The van der Waals surface area contributed by atoms with Crippen LogP contribution >= 0.6 is 0 Å². The Labute approximate surface area is 177 Å². The van der Waals surface area contributed by atoms with Crippen molar-refractivity contribution in [2.75, 3.05) is 6.54 Å². The van der Waals surface area contributed by atoms with Gasteiger partial charge in [-0.15, -0.1) is 0 Å². The molecule has 5 atom stereocenters. The molecule has 0 aromatic carbocycles. The Balaban J connectivity index is 2.88. The van der Waals surface area contributed by atoms with Crippen LogP contribution in [0.5, 0.6) is 0 Å². The smallest absolute Gasteiger partial charge is 0.326 e. The summed E-state index contributed by atoms with van der Waals surface area (Å²) >= 11 is 0. The van der Waals surface area contributed by atoms with Crippen LogP contribution in [-0.4, -0.2) is 70.7 Å². The third-order valence-electron chi connectivity index (χ3n) is 5.01. The van der Waals surface area contributed by atoms with Crippen LogP contribution in [0.3, 0.4) is 0 Å². The maximum absolute atomic E-state index is 12.8. The first-order valence-electron chi connectivity index (χ1n) is 10.5. The van der Waals surface area contributed by atoms with Crippen molar-refractivity contribution in [2.45, 2.75) is 84.2 Å². The number of carbonyl (C=O) groups is 4. The second-order valence-corrected chi connectivity index (χ2v) is 8.64. The van der Waals surface area contributed by atoms with E-state index in [0.717, 1.165) is 13.0 Å². The van der Waals surface area contributed by atoms with Gasteiger partial charge in [-0.25, -0.2) is 4.79 Å². The molecule has 10 nitrogen and oxygen atoms in total. The summed E-state index contributed by atoms with van der Waals surface area (Å²) in [4.78, 5) is 49.2. The van der Waals surface area contributed by atoms with Gasteiger partial charge in [0.25, 0.3) is 0 Å². The molecule has 0 aliphatic carbocycles. The maximum Gasteiger partial charge on any atom is 0.326 e. The number of carbonyl (C=O) groups excluding carboxylic acids is 3. The van der Waals surface area contributed by atoms with E-state index in [1.165, 1.54) is 6.92 Å². The lowest BCUT2D eigenvalue weighted by Gasteiger charge is -2.27. The van der Waals surface area contributed by atoms with Crippen LogP contribution in [0.4, 0.5) is 0 Å². The van der Waals surface area contributed by atoms with Crippen molar-refractivity contribution in [3.63, 3.8) is 0 Å². The number of aliphatic hydroxyl groups excluding tert-OH is 1. The largest absolute Gasteiger partial charge is 0.480 e. The number of carboxylic acid groups (broad SMARTS) is 1. The Kier molecular flexibility index (Phi) is 10.2. The fourth-order valence-electron chi connectivity index (χ4n) is 3.30. The molecule has 5 unspecified atom stereocenters. The van der Waals surface area contributed by atoms with E-state index in [1.807, 2.05) is 13.8 Å². The molecular formula is C20H36N4O6. The molecule has 1 heterocycles. The van der Waals surface area contributed by atoms with E-state index in [0.29, 0.717) is 12.8 Å². The SMILES string of the molecule is CC(C)CC(NC(=O)C1CCCN1)C(=O)NC(C(=O)NC(C(=O)O)C(C)C)C(C)O. The lowest BCUT2D eigenvalue weighted by molar-refractivity contribution is -0.144. The number of amides is 3. The molecule has 1 rings (SSSR count). The normalized spacial score (nSPS) is 20.3. The second kappa shape index (κ2) is 11.8. The van der Waals surface area contributed by atoms with Gasteiger partial charge in [0.15, 0.2) is 0 Å². The fourth-order valence-corrected chi connectivity index (χ4v) is 3.30. The standard InChI is InChI=1S/C20H36N4O6/c1-10(2)9-14(22-17(26)13-7-6-8-21-13)18(27)24-16(12(5)25)19(28)23-15(11(3)4)20(29)30/h10-16,21,25H,6-9H2,1-5H3,(H,22,26)(H,23,28)(H,24,27)(H,29,30). The lowest BCUT2D eigenvalue weighted by atomic mass is 10.0. The van der Waals surface area contributed by atoms with E-state index < -0.39 is 42.0 Å². The zero-order chi connectivity index (χ0) is 23.0. The summed E-state index contributed by atoms with van der Waals surface area (Å²) in [6, 6.07) is -3.75. The Morgan fingerprint density at radius 1 is 0.967 bits per heavy atom. The van der Waals surface area contributed by atoms with Crippen LogP contribution in [0.1, 0.15) is 53.9 Å². The van der Waals surface area contributed by atoms with Gasteiger partial charge in [-0.2, -0.15) is 0 Å². The monoisotopic (exact) mass is 428 g/mol. The number of nitrogens with one attached hydrogen (secondary N) is 4. The average molecular weight is 429 g/mol. The molecule has 6 N–H and O–H groups in total. The summed E-state index contributed by atoms with van der Waals surface area (Å²) in [6.45, 7) is 9.15. The summed E-state index contributed by atoms with van der Waals surface area (Å²) < 4.78 is 0. The Morgan fingerprint density at radius 2 is 1.57 bits per heavy atom. The topological polar surface area (TPSA) is 157 Å². The van der Waals surface area contributed by atoms with E-state index in [-0.39, 0.29) is 23.8 Å². The quantitative estimate of drug-likeness (QED) is 0.255. The first kappa shape index (κ1) is 25.8. The van der Waals surface area contributed by atoms with Crippen molar-refractivity contribution in [2.24, 2.45) is 11.8 Å². The summed E-state index contributed by atoms with van der Waals surface area (Å²) in [5, 5.41) is 29.9. The van der Waals surface area contributed by atoms with E-state index >= 15 is 0 Å². The van der Waals surface area contributed by atoms with E-state index in [1.54, 1.807) is 13.8 Å². The highest BCUT2D eigenvalue weighted by Gasteiger charge is 2.34. The van der Waals surface area contributed by atoms with E-state index in [2.05, 4.69) is 21.3 Å². The number of aliphatic carboxylic acids is 1. The van der Waals surface area contributed by atoms with Gasteiger partial charge in [-0.1, -0.05) is 27.7 Å². The molecule has 3 amide bonds. The molecule has 1 aliphatic heterocycles. The summed E-state index contributed by atoms with van der Waals surface area (Å²) in [6.07, 6.45) is 0.654. The number of rotatable bonds is 11. The van der Waals surface area contributed by atoms with Crippen molar-refractivity contribution in [3.8, 4) is 0 Å². The highest BCUT2D eigenvalue weighted by Crippen LogP contribution is 2.10. The molecule has 0 bridgehead atoms. The Morgan fingerprint density at radius 3 is 2.00 bits per heavy atom. The van der Waals surface area contributed by atoms with Crippen LogP contribution < -0.4 is 21.3 Å². The van der Waals surface area contributed by atoms with Crippen molar-refractivity contribution in [1.29, 1.82) is 0 Å². The highest BCUT2D eigenvalue weighted by molar-refractivity contribution is 5.94. The Bertz CT molecular complexity index is 616. The predicted octanol–water partition coefficient (Wildman–Crippen LogP) is -0.640. The van der Waals surface area contributed by atoms with Gasteiger partial charge >= 0.3 is 5.97 Å². The minimum Gasteiger partial charge on any atom is -0.480 e. The van der Waals surface area contributed by atoms with Gasteiger partial charge in [-0.3, -0.25) is 14.4 Å². The molecule has 0 saturated carbocycles. The van der Waals surface area contributed by atoms with E-state index in [9.17, 15) is 29.4 Å². The van der Waals surface area contributed by atoms with Crippen LogP contribution in [0.25, 0.3) is 0 Å². The molecule has 1 aliphatic rings. The minimum atomic E-state index is -1.35. The van der Waals surface area contributed by atoms with Gasteiger partial charge in [0, 0.05) is 0 Å². The van der Waals surface area contributed by atoms with Gasteiger partial charge in [0.1, 0.15) is 18.1 Å². The molecule has 0 spiro atoms. The molecular weight excluding hydrogens is 392 g/mol. The zero-order valence-corrected chi connectivity index (χ0v) is 18.4. The van der Waals surface area contributed by atoms with E-state index in [4.69, 9.17) is 0 Å². The highest BCUT2D eigenvalue weighted by atomic mass is 16.4. The van der Waals surface area contributed by atoms with Crippen LogP contribution in [0.15, 0.2) is 0 Å². The number of hydrogen-bond donors (Lipinski definition) is 6. The molecule has 30 heavy (non-hydrogen) atoms. The third kappa shape index (κ3) is 7.91. The molecule has 172 valence electrons. The van der Waals surface area contributed by atoms with Crippen molar-refractivity contribution >= 4 is 23.7 Å². The molecule has 0 aromatic heterocycles. The van der Waals surface area contributed by atoms with Gasteiger partial charge in [0.2, 0.25) is 17.7 Å². The fraction of sp³-hybridized carbons (Fsp3) is 0.800. The van der Waals surface area contributed by atoms with Crippen molar-refractivity contribution < 1.29 is 29.4 Å². The first-order chi connectivity index (χ1) is 13.9. The third-order valence-corrected chi connectivity index (χ3v) is 5.01. The first-order valence-corrected chi connectivity index (χ1v) is 10.5. The van der Waals surface area contributed by atoms with Crippen LogP contribution in [-0.2, 0) is 19.2 Å². The van der Waals surface area contributed by atoms with Crippen LogP contribution in [0.2, 0.25) is 0 Å². The van der Waals surface area contributed by atoms with Crippen molar-refractivity contribution in [1.82, 2.24) is 21.3 Å². The predicted molar refractivity (Wildman–Crippen MR) is 110 cm³/mol. The summed E-state index contributed by atoms with van der Waals surface area (Å²) in [7, 11) is 0. The summed E-state index contributed by atoms with van der Waals surface area (Å²) in [5.74, 6) is -3.18. The average Bonchev–Trinajstić information content (AvgIpc) is 3.16. The second-order valence-electron chi connectivity index (χ2n) is 8.64. The minimum absolute atomic E-state index is 0.0914. The number of aliphatic hydroxyl groups is 1. The summed E-state index contributed by atoms with van der Waals surface area (Å²) in [5.41, 5.74) is 0. The van der Waals surface area contributed by atoms with Gasteiger partial charge in [0.05, 0.1) is 12.1 Å². The molecule has 1 saturated heterocycles. The zero-order valence-electron chi connectivity index (χ0n) is 18.4. The van der Waals surface area contributed by atoms with Crippen LogP contribution in [0, 0.1) is 11.8 Å². The van der Waals surface area contributed by atoms with Crippen molar-refractivity contribution in [3.05, 3.63) is 0 Å². The molecule has 0 aromatic rings. The number of hydrogen-bond acceptors (Lipinski definition) is 6. The maximum atomic E-state index is 12.8.